The fraction of sp³-hybridized carbons (Fsp3) is 0.474. The minimum Gasteiger partial charge on any atom is -0.342 e. The standard InChI is InChI=1S/C19H24N4O4/c24-14-21-10-12-22(13-11-21)17(25)8-2-1-5-9-23-18(26)15-6-3-4-7-16(15)20-19(23)27/h3-4,6-7,14H,1-2,5,8-13H2,(H,20,27). The zero-order valence-corrected chi connectivity index (χ0v) is 15.2. The number of hydrogen-bond donors (Lipinski definition) is 1. The van der Waals surface area contributed by atoms with Gasteiger partial charge in [-0.25, -0.2) is 4.79 Å². The summed E-state index contributed by atoms with van der Waals surface area (Å²) < 4.78 is 1.23. The van der Waals surface area contributed by atoms with Gasteiger partial charge in [0.1, 0.15) is 0 Å². The van der Waals surface area contributed by atoms with Gasteiger partial charge >= 0.3 is 5.69 Å². The first-order valence-corrected chi connectivity index (χ1v) is 9.29. The van der Waals surface area contributed by atoms with Crippen molar-refractivity contribution in [1.29, 1.82) is 0 Å². The molecule has 0 bridgehead atoms. The second kappa shape index (κ2) is 8.66. The number of carbonyl (C=O) groups is 2. The summed E-state index contributed by atoms with van der Waals surface area (Å²) in [5.41, 5.74) is -0.134. The number of carbonyl (C=O) groups excluding carboxylic acids is 2. The van der Waals surface area contributed by atoms with Gasteiger partial charge < -0.3 is 14.8 Å². The van der Waals surface area contributed by atoms with Gasteiger partial charge in [-0.15, -0.1) is 0 Å². The van der Waals surface area contributed by atoms with Crippen LogP contribution in [0.1, 0.15) is 25.7 Å². The van der Waals surface area contributed by atoms with Gasteiger partial charge in [-0.3, -0.25) is 19.0 Å². The van der Waals surface area contributed by atoms with Crippen LogP contribution in [0.15, 0.2) is 33.9 Å². The van der Waals surface area contributed by atoms with Crippen molar-refractivity contribution < 1.29 is 9.59 Å². The van der Waals surface area contributed by atoms with Crippen LogP contribution in [-0.2, 0) is 16.1 Å². The summed E-state index contributed by atoms with van der Waals surface area (Å²) in [7, 11) is 0. The molecule has 0 unspecified atom stereocenters. The van der Waals surface area contributed by atoms with E-state index in [2.05, 4.69) is 4.98 Å². The summed E-state index contributed by atoms with van der Waals surface area (Å²) in [6.07, 6.45) is 3.40. The van der Waals surface area contributed by atoms with Gasteiger partial charge in [-0.05, 0) is 25.0 Å². The normalized spacial score (nSPS) is 14.5. The number of nitrogens with zero attached hydrogens (tertiary/aromatic N) is 3. The average molecular weight is 372 g/mol. The molecule has 1 aromatic heterocycles. The van der Waals surface area contributed by atoms with E-state index in [4.69, 9.17) is 0 Å². The summed E-state index contributed by atoms with van der Waals surface area (Å²) in [5, 5.41) is 0.502. The zero-order chi connectivity index (χ0) is 19.2. The van der Waals surface area contributed by atoms with Crippen LogP contribution in [0.3, 0.4) is 0 Å². The van der Waals surface area contributed by atoms with Crippen molar-refractivity contribution in [2.45, 2.75) is 32.2 Å². The topological polar surface area (TPSA) is 95.5 Å². The number of para-hydroxylation sites is 1. The molecule has 1 saturated heterocycles. The van der Waals surface area contributed by atoms with Crippen LogP contribution >= 0.6 is 0 Å². The first-order valence-electron chi connectivity index (χ1n) is 9.29. The Morgan fingerprint density at radius 2 is 1.78 bits per heavy atom. The third-order valence-electron chi connectivity index (χ3n) is 4.98. The lowest BCUT2D eigenvalue weighted by Crippen LogP contribution is -2.48. The van der Waals surface area contributed by atoms with Crippen molar-refractivity contribution in [3.8, 4) is 0 Å². The van der Waals surface area contributed by atoms with Gasteiger partial charge in [0.2, 0.25) is 12.3 Å². The Kier molecular flexibility index (Phi) is 6.05. The SMILES string of the molecule is O=CN1CCN(C(=O)CCCCCn2c(=O)[nH]c3ccccc3c2=O)CC1. The molecule has 1 aromatic carbocycles. The third-order valence-corrected chi connectivity index (χ3v) is 4.98. The summed E-state index contributed by atoms with van der Waals surface area (Å²) >= 11 is 0. The van der Waals surface area contributed by atoms with Crippen molar-refractivity contribution in [2.24, 2.45) is 0 Å². The Hall–Kier alpha value is -2.90. The third kappa shape index (κ3) is 4.45. The molecular formula is C19H24N4O4. The first-order chi connectivity index (χ1) is 13.1. The number of aromatic amines is 1. The monoisotopic (exact) mass is 372 g/mol. The molecule has 0 atom stereocenters. The van der Waals surface area contributed by atoms with Crippen molar-refractivity contribution >= 4 is 23.2 Å². The Bertz CT molecular complexity index is 925. The minimum atomic E-state index is -0.400. The Labute approximate surface area is 156 Å². The molecule has 1 fully saturated rings. The number of benzene rings is 1. The molecule has 2 heterocycles. The van der Waals surface area contributed by atoms with E-state index in [0.29, 0.717) is 62.9 Å². The van der Waals surface area contributed by atoms with E-state index < -0.39 is 5.69 Å². The number of unbranched alkanes of at least 4 members (excludes halogenated alkanes) is 2. The maximum Gasteiger partial charge on any atom is 0.328 e. The number of H-pyrrole nitrogens is 1. The molecule has 2 aromatic rings. The van der Waals surface area contributed by atoms with Crippen LogP contribution in [0.2, 0.25) is 0 Å². The van der Waals surface area contributed by atoms with Gasteiger partial charge in [0.25, 0.3) is 5.56 Å². The van der Waals surface area contributed by atoms with E-state index in [9.17, 15) is 19.2 Å². The molecule has 1 N–H and O–H groups in total. The van der Waals surface area contributed by atoms with E-state index in [-0.39, 0.29) is 11.5 Å². The van der Waals surface area contributed by atoms with Gasteiger partial charge in [-0.2, -0.15) is 0 Å². The highest BCUT2D eigenvalue weighted by atomic mass is 16.2. The van der Waals surface area contributed by atoms with Crippen LogP contribution in [0.25, 0.3) is 10.9 Å². The predicted molar refractivity (Wildman–Crippen MR) is 102 cm³/mol. The highest BCUT2D eigenvalue weighted by molar-refractivity contribution is 5.77. The number of fused-ring (bicyclic) bond motifs is 1. The second-order valence-corrected chi connectivity index (χ2v) is 6.77. The average Bonchev–Trinajstić information content (AvgIpc) is 2.69. The largest absolute Gasteiger partial charge is 0.342 e. The van der Waals surface area contributed by atoms with E-state index in [1.54, 1.807) is 34.1 Å². The highest BCUT2D eigenvalue weighted by Gasteiger charge is 2.19. The summed E-state index contributed by atoms with van der Waals surface area (Å²) in [6, 6.07) is 6.96. The fourth-order valence-electron chi connectivity index (χ4n) is 3.36. The molecule has 2 amide bonds. The molecule has 1 aliphatic rings. The molecule has 3 rings (SSSR count). The molecule has 8 nitrogen and oxygen atoms in total. The molecule has 0 spiro atoms. The van der Waals surface area contributed by atoms with E-state index in [0.717, 1.165) is 12.8 Å². The van der Waals surface area contributed by atoms with E-state index >= 15 is 0 Å². The Balaban J connectivity index is 1.46. The van der Waals surface area contributed by atoms with Crippen LogP contribution < -0.4 is 11.2 Å². The molecule has 1 aliphatic heterocycles. The lowest BCUT2D eigenvalue weighted by Gasteiger charge is -2.32. The Morgan fingerprint density at radius 1 is 1.04 bits per heavy atom. The van der Waals surface area contributed by atoms with Crippen LogP contribution in [-0.4, -0.2) is 57.8 Å². The van der Waals surface area contributed by atoms with Crippen molar-refractivity contribution in [3.63, 3.8) is 0 Å². The summed E-state index contributed by atoms with van der Waals surface area (Å²) in [4.78, 5) is 53.6. The quantitative estimate of drug-likeness (QED) is 0.567. The van der Waals surface area contributed by atoms with E-state index in [1.807, 2.05) is 0 Å². The first kappa shape index (κ1) is 18.9. The number of aromatic nitrogens is 2. The Morgan fingerprint density at radius 3 is 2.52 bits per heavy atom. The molecule has 0 saturated carbocycles. The van der Waals surface area contributed by atoms with E-state index in [1.165, 1.54) is 4.57 Å². The fourth-order valence-corrected chi connectivity index (χ4v) is 3.36. The zero-order valence-electron chi connectivity index (χ0n) is 15.2. The van der Waals surface area contributed by atoms with Crippen LogP contribution in [0, 0.1) is 0 Å². The van der Waals surface area contributed by atoms with Gasteiger partial charge in [-0.1, -0.05) is 18.6 Å². The number of nitrogens with one attached hydrogen (secondary N) is 1. The second-order valence-electron chi connectivity index (χ2n) is 6.77. The maximum absolute atomic E-state index is 12.4. The number of piperazine rings is 1. The van der Waals surface area contributed by atoms with Crippen LogP contribution in [0.4, 0.5) is 0 Å². The molecule has 8 heteroatoms. The molecule has 0 radical (unpaired) electrons. The number of rotatable bonds is 7. The van der Waals surface area contributed by atoms with Crippen LogP contribution in [0.5, 0.6) is 0 Å². The molecular weight excluding hydrogens is 348 g/mol. The molecule has 144 valence electrons. The minimum absolute atomic E-state index is 0.0984. The smallest absolute Gasteiger partial charge is 0.328 e. The maximum atomic E-state index is 12.4. The number of amides is 2. The molecule has 0 aliphatic carbocycles. The van der Waals surface area contributed by atoms with Gasteiger partial charge in [0, 0.05) is 39.1 Å². The van der Waals surface area contributed by atoms with Gasteiger partial charge in [0.05, 0.1) is 10.9 Å². The van der Waals surface area contributed by atoms with Crippen molar-refractivity contribution in [2.75, 3.05) is 26.2 Å². The number of hydrogen-bond acceptors (Lipinski definition) is 4. The highest BCUT2D eigenvalue weighted by Crippen LogP contribution is 2.08. The summed E-state index contributed by atoms with van der Waals surface area (Å²) in [5.74, 6) is 0.0984. The lowest BCUT2D eigenvalue weighted by molar-refractivity contribution is -0.135. The summed E-state index contributed by atoms with van der Waals surface area (Å²) in [6.45, 7) is 2.68. The molecule has 27 heavy (non-hydrogen) atoms. The predicted octanol–water partition coefficient (Wildman–Crippen LogP) is 0.551. The lowest BCUT2D eigenvalue weighted by atomic mass is 10.1. The van der Waals surface area contributed by atoms with Gasteiger partial charge in [0.15, 0.2) is 0 Å². The van der Waals surface area contributed by atoms with Crippen molar-refractivity contribution in [3.05, 3.63) is 45.1 Å². The van der Waals surface area contributed by atoms with Crippen molar-refractivity contribution in [1.82, 2.24) is 19.4 Å².